The fraction of sp³-hybridized carbons (Fsp3) is 0.429. The highest BCUT2D eigenvalue weighted by Crippen LogP contribution is 2.38. The second-order valence-corrected chi connectivity index (χ2v) is 12.3. The number of fused-ring (bicyclic) bond motifs is 2. The molecule has 5 nitrogen and oxygen atoms in total. The summed E-state index contributed by atoms with van der Waals surface area (Å²) in [6.45, 7) is 8.71. The van der Waals surface area contributed by atoms with Crippen LogP contribution in [0.1, 0.15) is 69.2 Å². The van der Waals surface area contributed by atoms with Crippen molar-refractivity contribution >= 4 is 39.6 Å². The minimum Gasteiger partial charge on any atom is -0.449 e. The molecule has 1 aliphatic rings. The van der Waals surface area contributed by atoms with Gasteiger partial charge in [0.15, 0.2) is 0 Å². The number of methoxy groups -OCH3 is 1. The third-order valence-corrected chi connectivity index (χ3v) is 9.86. The first-order chi connectivity index (χ1) is 20.5. The van der Waals surface area contributed by atoms with Crippen molar-refractivity contribution in [2.24, 2.45) is 0 Å². The van der Waals surface area contributed by atoms with Gasteiger partial charge in [-0.2, -0.15) is 0 Å². The maximum Gasteiger partial charge on any atom is 0.215 e. The van der Waals surface area contributed by atoms with Gasteiger partial charge in [-0.15, -0.1) is 0 Å². The fourth-order valence-corrected chi connectivity index (χ4v) is 7.07. The van der Waals surface area contributed by atoms with Crippen LogP contribution in [-0.4, -0.2) is 25.4 Å². The molecule has 5 rings (SSSR count). The Balaban J connectivity index is 1.17. The van der Waals surface area contributed by atoms with Gasteiger partial charge in [-0.25, -0.2) is 0 Å². The lowest BCUT2D eigenvalue weighted by atomic mass is 9.93. The van der Waals surface area contributed by atoms with Gasteiger partial charge >= 0.3 is 0 Å². The molecule has 0 aromatic heterocycles. The average Bonchev–Trinajstić information content (AvgIpc) is 3.03. The van der Waals surface area contributed by atoms with E-state index in [2.05, 4.69) is 88.4 Å². The molecule has 224 valence electrons. The standard InChI is InChI=1S/C35H44O5P2/c1-6-23-10-12-27-18-34(25(8-3)16-29(27)14-23)39-41-37-32-20-31(36-5)21-33(22-32)38-42-40-35-19-28-13-11-24(7-2)15-30(28)17-26(35)9-4/h10-19,31-33,41-42H,6-9,20-22H2,1-5H3. The van der Waals surface area contributed by atoms with Crippen molar-refractivity contribution in [3.63, 3.8) is 0 Å². The van der Waals surface area contributed by atoms with E-state index >= 15 is 0 Å². The largest absolute Gasteiger partial charge is 0.449 e. The minimum atomic E-state index is -0.0831. The van der Waals surface area contributed by atoms with E-state index in [0.717, 1.165) is 56.4 Å². The Morgan fingerprint density at radius 2 is 1.00 bits per heavy atom. The van der Waals surface area contributed by atoms with Crippen LogP contribution < -0.4 is 9.05 Å². The summed E-state index contributed by atoms with van der Waals surface area (Å²) in [6.07, 6.45) is 6.46. The van der Waals surface area contributed by atoms with Gasteiger partial charge in [-0.3, -0.25) is 0 Å². The molecule has 0 saturated heterocycles. The van der Waals surface area contributed by atoms with Crippen LogP contribution in [0.2, 0.25) is 0 Å². The van der Waals surface area contributed by atoms with Gasteiger partial charge in [0.2, 0.25) is 18.1 Å². The smallest absolute Gasteiger partial charge is 0.215 e. The lowest BCUT2D eigenvalue weighted by Gasteiger charge is -2.33. The minimum absolute atomic E-state index is 0.00844. The molecule has 0 heterocycles. The SMILES string of the molecule is CCc1ccc2cc(OPOC3CC(OC)CC(OPOc4cc5ccc(CC)cc5cc4CC)C3)c(CC)cc2c1. The van der Waals surface area contributed by atoms with Crippen molar-refractivity contribution in [3.05, 3.63) is 82.9 Å². The van der Waals surface area contributed by atoms with Crippen molar-refractivity contribution < 1.29 is 22.8 Å². The van der Waals surface area contributed by atoms with E-state index in [1.165, 1.54) is 43.8 Å². The van der Waals surface area contributed by atoms with Crippen molar-refractivity contribution in [2.45, 2.75) is 91.0 Å². The molecule has 4 aromatic rings. The van der Waals surface area contributed by atoms with Crippen LogP contribution in [0.3, 0.4) is 0 Å². The Kier molecular flexibility index (Phi) is 11.1. The van der Waals surface area contributed by atoms with Crippen LogP contribution in [0.25, 0.3) is 21.5 Å². The van der Waals surface area contributed by atoms with Gasteiger partial charge in [0.05, 0.1) is 18.3 Å². The topological polar surface area (TPSA) is 46.2 Å². The van der Waals surface area contributed by atoms with E-state index in [0.29, 0.717) is 0 Å². The molecular formula is C35H44O5P2. The molecule has 0 bridgehead atoms. The molecule has 0 spiro atoms. The predicted octanol–water partition coefficient (Wildman–Crippen LogP) is 9.69. The third kappa shape index (κ3) is 7.62. The lowest BCUT2D eigenvalue weighted by molar-refractivity contribution is -0.0219. The first-order valence-corrected chi connectivity index (χ1v) is 17.0. The Labute approximate surface area is 254 Å². The highest BCUT2D eigenvalue weighted by atomic mass is 31.1. The van der Waals surface area contributed by atoms with Crippen molar-refractivity contribution in [2.75, 3.05) is 7.11 Å². The molecule has 1 fully saturated rings. The second kappa shape index (κ2) is 15.0. The quantitative estimate of drug-likeness (QED) is 0.142. The van der Waals surface area contributed by atoms with Crippen LogP contribution in [0.5, 0.6) is 11.5 Å². The zero-order valence-corrected chi connectivity index (χ0v) is 27.5. The molecule has 4 unspecified atom stereocenters. The highest BCUT2D eigenvalue weighted by Gasteiger charge is 2.31. The molecule has 1 aliphatic carbocycles. The summed E-state index contributed by atoms with van der Waals surface area (Å²) >= 11 is 0. The zero-order valence-electron chi connectivity index (χ0n) is 25.5. The van der Waals surface area contributed by atoms with Crippen LogP contribution in [-0.2, 0) is 39.5 Å². The second-order valence-electron chi connectivity index (χ2n) is 11.1. The molecule has 7 heteroatoms. The van der Waals surface area contributed by atoms with E-state index in [9.17, 15) is 0 Å². The van der Waals surface area contributed by atoms with Gasteiger partial charge in [0.25, 0.3) is 0 Å². The highest BCUT2D eigenvalue weighted by molar-refractivity contribution is 7.27. The van der Waals surface area contributed by atoms with Gasteiger partial charge in [-0.05, 0) is 93.7 Å². The molecule has 4 atom stereocenters. The van der Waals surface area contributed by atoms with Gasteiger partial charge in [-0.1, -0.05) is 64.1 Å². The average molecular weight is 607 g/mol. The molecule has 42 heavy (non-hydrogen) atoms. The van der Waals surface area contributed by atoms with Crippen LogP contribution in [0.15, 0.2) is 60.7 Å². The summed E-state index contributed by atoms with van der Waals surface area (Å²) in [5, 5.41) is 4.92. The summed E-state index contributed by atoms with van der Waals surface area (Å²) in [6, 6.07) is 22.1. The zero-order chi connectivity index (χ0) is 29.5. The third-order valence-electron chi connectivity index (χ3n) is 8.39. The van der Waals surface area contributed by atoms with E-state index in [-0.39, 0.29) is 36.4 Å². The van der Waals surface area contributed by atoms with Gasteiger partial charge < -0.3 is 22.8 Å². The number of ether oxygens (including phenoxy) is 1. The Bertz CT molecular complexity index is 1380. The fourth-order valence-electron chi connectivity index (χ4n) is 5.76. The van der Waals surface area contributed by atoms with Crippen molar-refractivity contribution in [1.29, 1.82) is 0 Å². The number of aryl methyl sites for hydroxylation is 4. The van der Waals surface area contributed by atoms with Crippen molar-refractivity contribution in [3.8, 4) is 11.5 Å². The van der Waals surface area contributed by atoms with E-state index in [1.807, 2.05) is 0 Å². The normalized spacial score (nSPS) is 19.5. The number of rotatable bonds is 13. The predicted molar refractivity (Wildman–Crippen MR) is 178 cm³/mol. The van der Waals surface area contributed by atoms with Gasteiger partial charge in [0, 0.05) is 26.4 Å². The molecular weight excluding hydrogens is 562 g/mol. The summed E-state index contributed by atoms with van der Waals surface area (Å²) < 4.78 is 30.7. The molecule has 0 radical (unpaired) electrons. The van der Waals surface area contributed by atoms with Gasteiger partial charge in [0.1, 0.15) is 11.5 Å². The molecule has 0 amide bonds. The van der Waals surface area contributed by atoms with E-state index in [4.69, 9.17) is 22.8 Å². The van der Waals surface area contributed by atoms with Crippen LogP contribution in [0, 0.1) is 0 Å². The Morgan fingerprint density at radius 3 is 1.40 bits per heavy atom. The Morgan fingerprint density at radius 1 is 0.548 bits per heavy atom. The molecule has 1 saturated carbocycles. The Hall–Kier alpha value is -2.26. The lowest BCUT2D eigenvalue weighted by Crippen LogP contribution is -2.35. The monoisotopic (exact) mass is 606 g/mol. The summed E-state index contributed by atoms with van der Waals surface area (Å²) in [5.41, 5.74) is 5.11. The summed E-state index contributed by atoms with van der Waals surface area (Å²) in [5.74, 6) is 1.81. The van der Waals surface area contributed by atoms with Crippen LogP contribution >= 0.6 is 18.1 Å². The molecule has 0 N–H and O–H groups in total. The number of hydrogen-bond donors (Lipinski definition) is 0. The van der Waals surface area contributed by atoms with Crippen LogP contribution in [0.4, 0.5) is 0 Å². The maximum absolute atomic E-state index is 6.27. The van der Waals surface area contributed by atoms with Crippen molar-refractivity contribution in [1.82, 2.24) is 0 Å². The molecule has 4 aromatic carbocycles. The summed E-state index contributed by atoms with van der Waals surface area (Å²) in [4.78, 5) is 0. The number of benzene rings is 4. The number of hydrogen-bond acceptors (Lipinski definition) is 5. The first kappa shape index (κ1) is 31.2. The maximum atomic E-state index is 6.27. The first-order valence-electron chi connectivity index (χ1n) is 15.3. The van der Waals surface area contributed by atoms with E-state index < -0.39 is 0 Å². The van der Waals surface area contributed by atoms with E-state index in [1.54, 1.807) is 7.11 Å². The molecule has 0 aliphatic heterocycles. The summed E-state index contributed by atoms with van der Waals surface area (Å²) in [7, 11) is 1.60.